The number of carbonyl (C=O) groups is 1. The molecule has 7 heteroatoms. The number of fused-ring (bicyclic) bond motifs is 1. The predicted molar refractivity (Wildman–Crippen MR) is 105 cm³/mol. The lowest BCUT2D eigenvalue weighted by atomic mass is 10.2. The van der Waals surface area contributed by atoms with Crippen LogP contribution in [0, 0.1) is 0 Å². The second-order valence-corrected chi connectivity index (χ2v) is 7.23. The van der Waals surface area contributed by atoms with E-state index in [0.29, 0.717) is 38.9 Å². The summed E-state index contributed by atoms with van der Waals surface area (Å²) in [6, 6.07) is 14.3. The SMILES string of the molecule is O=C(O)CCCCSc1nc2ccccc2c(=O)n1-c1cccc(Cl)c1. The summed E-state index contributed by atoms with van der Waals surface area (Å²) in [4.78, 5) is 28.3. The molecule has 0 aliphatic rings. The van der Waals surface area contributed by atoms with Crippen LogP contribution in [0.2, 0.25) is 5.02 Å². The molecule has 0 amide bonds. The number of aliphatic carboxylic acids is 1. The molecule has 3 aromatic rings. The fraction of sp³-hybridized carbons (Fsp3) is 0.211. The van der Waals surface area contributed by atoms with E-state index in [1.807, 2.05) is 24.3 Å². The zero-order valence-electron chi connectivity index (χ0n) is 13.9. The van der Waals surface area contributed by atoms with Gasteiger partial charge in [-0.1, -0.05) is 41.6 Å². The molecule has 0 aliphatic carbocycles. The third kappa shape index (κ3) is 4.26. The number of para-hydroxylation sites is 1. The second kappa shape index (κ2) is 8.38. The van der Waals surface area contributed by atoms with Crippen molar-refractivity contribution in [3.8, 4) is 5.69 Å². The summed E-state index contributed by atoms with van der Waals surface area (Å²) >= 11 is 7.54. The van der Waals surface area contributed by atoms with Crippen molar-refractivity contribution < 1.29 is 9.90 Å². The molecule has 0 saturated heterocycles. The number of benzene rings is 2. The first-order valence-electron chi connectivity index (χ1n) is 8.18. The topological polar surface area (TPSA) is 72.2 Å². The monoisotopic (exact) mass is 388 g/mol. The van der Waals surface area contributed by atoms with Gasteiger partial charge in [-0.15, -0.1) is 0 Å². The number of rotatable bonds is 7. The molecule has 0 aliphatic heterocycles. The van der Waals surface area contributed by atoms with Crippen LogP contribution in [-0.4, -0.2) is 26.4 Å². The van der Waals surface area contributed by atoms with Gasteiger partial charge in [-0.2, -0.15) is 0 Å². The van der Waals surface area contributed by atoms with Gasteiger partial charge in [0.15, 0.2) is 5.16 Å². The van der Waals surface area contributed by atoms with Crippen molar-refractivity contribution in [2.45, 2.75) is 24.4 Å². The Morgan fingerprint density at radius 1 is 1.15 bits per heavy atom. The maximum absolute atomic E-state index is 13.0. The molecule has 0 spiro atoms. The van der Waals surface area contributed by atoms with Crippen LogP contribution in [0.25, 0.3) is 16.6 Å². The zero-order valence-corrected chi connectivity index (χ0v) is 15.5. The minimum absolute atomic E-state index is 0.146. The minimum Gasteiger partial charge on any atom is -0.481 e. The Morgan fingerprint density at radius 2 is 1.96 bits per heavy atom. The van der Waals surface area contributed by atoms with Gasteiger partial charge in [0.25, 0.3) is 5.56 Å². The average molecular weight is 389 g/mol. The highest BCUT2D eigenvalue weighted by atomic mass is 35.5. The average Bonchev–Trinajstić information content (AvgIpc) is 2.61. The van der Waals surface area contributed by atoms with Crippen LogP contribution in [0.15, 0.2) is 58.5 Å². The third-order valence-corrected chi connectivity index (χ3v) is 5.09. The van der Waals surface area contributed by atoms with Gasteiger partial charge in [0, 0.05) is 17.2 Å². The number of hydrogen-bond donors (Lipinski definition) is 1. The lowest BCUT2D eigenvalue weighted by molar-refractivity contribution is -0.137. The quantitative estimate of drug-likeness (QED) is 0.369. The van der Waals surface area contributed by atoms with Crippen molar-refractivity contribution in [1.82, 2.24) is 9.55 Å². The molecule has 1 aromatic heterocycles. The van der Waals surface area contributed by atoms with Crippen molar-refractivity contribution >= 4 is 40.2 Å². The van der Waals surface area contributed by atoms with E-state index in [4.69, 9.17) is 16.7 Å². The molecule has 3 rings (SSSR count). The molecule has 0 bridgehead atoms. The third-order valence-electron chi connectivity index (χ3n) is 3.83. The van der Waals surface area contributed by atoms with Crippen LogP contribution in [0.5, 0.6) is 0 Å². The van der Waals surface area contributed by atoms with Crippen LogP contribution >= 0.6 is 23.4 Å². The normalized spacial score (nSPS) is 11.0. The summed E-state index contributed by atoms with van der Waals surface area (Å²) in [7, 11) is 0. The molecule has 1 N–H and O–H groups in total. The highest BCUT2D eigenvalue weighted by molar-refractivity contribution is 7.99. The number of halogens is 1. The van der Waals surface area contributed by atoms with Gasteiger partial charge in [0.1, 0.15) is 0 Å². The van der Waals surface area contributed by atoms with E-state index in [1.165, 1.54) is 11.8 Å². The lowest BCUT2D eigenvalue weighted by Gasteiger charge is -2.13. The Morgan fingerprint density at radius 3 is 2.73 bits per heavy atom. The van der Waals surface area contributed by atoms with E-state index in [2.05, 4.69) is 4.98 Å². The summed E-state index contributed by atoms with van der Waals surface area (Å²) in [6.45, 7) is 0. The van der Waals surface area contributed by atoms with E-state index < -0.39 is 5.97 Å². The van der Waals surface area contributed by atoms with Gasteiger partial charge < -0.3 is 5.11 Å². The molecule has 0 radical (unpaired) electrons. The van der Waals surface area contributed by atoms with E-state index in [9.17, 15) is 9.59 Å². The van der Waals surface area contributed by atoms with Gasteiger partial charge in [0.2, 0.25) is 0 Å². The predicted octanol–water partition coefficient (Wildman–Crippen LogP) is 4.39. The zero-order chi connectivity index (χ0) is 18.5. The van der Waals surface area contributed by atoms with Crippen LogP contribution in [0.4, 0.5) is 0 Å². The van der Waals surface area contributed by atoms with Crippen molar-refractivity contribution in [2.24, 2.45) is 0 Å². The van der Waals surface area contributed by atoms with Gasteiger partial charge in [-0.05, 0) is 43.2 Å². The Bertz CT molecular complexity index is 1000. The first kappa shape index (κ1) is 18.5. The first-order chi connectivity index (χ1) is 12.6. The smallest absolute Gasteiger partial charge is 0.303 e. The summed E-state index contributed by atoms with van der Waals surface area (Å²) in [5.41, 5.74) is 1.16. The van der Waals surface area contributed by atoms with Gasteiger partial charge >= 0.3 is 5.97 Å². The van der Waals surface area contributed by atoms with E-state index in [1.54, 1.807) is 28.8 Å². The molecule has 5 nitrogen and oxygen atoms in total. The van der Waals surface area contributed by atoms with Crippen molar-refractivity contribution in [2.75, 3.05) is 5.75 Å². The molecule has 0 fully saturated rings. The van der Waals surface area contributed by atoms with Gasteiger partial charge in [-0.25, -0.2) is 4.98 Å². The summed E-state index contributed by atoms with van der Waals surface area (Å²) in [5.74, 6) is -0.117. The number of thioether (sulfide) groups is 1. The van der Waals surface area contributed by atoms with Crippen molar-refractivity contribution in [1.29, 1.82) is 0 Å². The molecule has 0 atom stereocenters. The molecule has 1 heterocycles. The Kier molecular flexibility index (Phi) is 5.96. The number of aromatic nitrogens is 2. The maximum atomic E-state index is 13.0. The largest absolute Gasteiger partial charge is 0.481 e. The number of carboxylic acids is 1. The molecule has 2 aromatic carbocycles. The van der Waals surface area contributed by atoms with Crippen LogP contribution in [0.3, 0.4) is 0 Å². The molecule has 0 saturated carbocycles. The van der Waals surface area contributed by atoms with E-state index in [0.717, 1.165) is 6.42 Å². The van der Waals surface area contributed by atoms with E-state index in [-0.39, 0.29) is 12.0 Å². The van der Waals surface area contributed by atoms with Crippen molar-refractivity contribution in [3.05, 3.63) is 63.9 Å². The van der Waals surface area contributed by atoms with Crippen LogP contribution in [-0.2, 0) is 4.79 Å². The fourth-order valence-corrected chi connectivity index (χ4v) is 3.79. The molecule has 134 valence electrons. The van der Waals surface area contributed by atoms with Gasteiger partial charge in [-0.3, -0.25) is 14.2 Å². The van der Waals surface area contributed by atoms with Gasteiger partial charge in [0.05, 0.1) is 16.6 Å². The Hall–Kier alpha value is -2.31. The number of nitrogens with zero attached hydrogens (tertiary/aromatic N) is 2. The van der Waals surface area contributed by atoms with Crippen LogP contribution in [0.1, 0.15) is 19.3 Å². The molecular weight excluding hydrogens is 372 g/mol. The first-order valence-corrected chi connectivity index (χ1v) is 9.55. The fourth-order valence-electron chi connectivity index (χ4n) is 2.59. The molecular formula is C19H17ClN2O3S. The van der Waals surface area contributed by atoms with Crippen molar-refractivity contribution in [3.63, 3.8) is 0 Å². The van der Waals surface area contributed by atoms with Crippen LogP contribution < -0.4 is 5.56 Å². The molecule has 0 unspecified atom stereocenters. The highest BCUT2D eigenvalue weighted by Gasteiger charge is 2.13. The van der Waals surface area contributed by atoms with E-state index >= 15 is 0 Å². The number of hydrogen-bond acceptors (Lipinski definition) is 4. The highest BCUT2D eigenvalue weighted by Crippen LogP contribution is 2.23. The summed E-state index contributed by atoms with van der Waals surface area (Å²) < 4.78 is 1.57. The Balaban J connectivity index is 1.98. The summed E-state index contributed by atoms with van der Waals surface area (Å²) in [6.07, 6.45) is 1.47. The standard InChI is InChI=1S/C19H17ClN2O3S/c20-13-6-5-7-14(12-13)22-18(25)15-8-1-2-9-16(15)21-19(22)26-11-4-3-10-17(23)24/h1-2,5-9,12H,3-4,10-11H2,(H,23,24). The lowest BCUT2D eigenvalue weighted by Crippen LogP contribution is -2.21. The second-order valence-electron chi connectivity index (χ2n) is 5.73. The number of unbranched alkanes of at least 4 members (excludes halogenated alkanes) is 1. The maximum Gasteiger partial charge on any atom is 0.303 e. The summed E-state index contributed by atoms with van der Waals surface area (Å²) in [5, 5.41) is 10.4. The molecule has 26 heavy (non-hydrogen) atoms. The Labute approximate surface area is 159 Å². The minimum atomic E-state index is -0.797. The number of carboxylic acid groups (broad SMARTS) is 1.